The SMILES string of the molecule is C[C@H](C#N)C[C@H](NC(=O)C1c2ccccc2-c2ccccc21)C(N)=O. The molecule has 2 aromatic carbocycles. The first kappa shape index (κ1) is 16.7. The van der Waals surface area contributed by atoms with E-state index in [1.54, 1.807) is 6.92 Å². The molecule has 0 bridgehead atoms. The number of benzene rings is 2. The fourth-order valence-corrected chi connectivity index (χ4v) is 3.35. The second kappa shape index (κ2) is 6.78. The Morgan fingerprint density at radius 3 is 2.12 bits per heavy atom. The van der Waals surface area contributed by atoms with E-state index in [2.05, 4.69) is 11.4 Å². The Hall–Kier alpha value is -3.13. The van der Waals surface area contributed by atoms with Crippen molar-refractivity contribution in [3.8, 4) is 17.2 Å². The minimum absolute atomic E-state index is 0.202. The quantitative estimate of drug-likeness (QED) is 0.879. The number of carbonyl (C=O) groups is 2. The van der Waals surface area contributed by atoms with Crippen LogP contribution in [0.25, 0.3) is 11.1 Å². The summed E-state index contributed by atoms with van der Waals surface area (Å²) >= 11 is 0. The molecule has 0 heterocycles. The molecule has 5 nitrogen and oxygen atoms in total. The molecule has 0 aromatic heterocycles. The normalized spacial score (nSPS) is 14.7. The van der Waals surface area contributed by atoms with Crippen LogP contribution >= 0.6 is 0 Å². The Balaban J connectivity index is 1.92. The number of nitrogens with zero attached hydrogens (tertiary/aromatic N) is 1. The third-order valence-electron chi connectivity index (χ3n) is 4.57. The van der Waals surface area contributed by atoms with Crippen molar-refractivity contribution in [1.29, 1.82) is 5.26 Å². The first-order valence-corrected chi connectivity index (χ1v) is 8.20. The van der Waals surface area contributed by atoms with E-state index in [0.717, 1.165) is 22.3 Å². The molecule has 2 aromatic rings. The summed E-state index contributed by atoms with van der Waals surface area (Å²) in [5.74, 6) is -1.76. The van der Waals surface area contributed by atoms with E-state index in [9.17, 15) is 9.59 Å². The summed E-state index contributed by atoms with van der Waals surface area (Å²) in [7, 11) is 0. The van der Waals surface area contributed by atoms with Gasteiger partial charge in [0.25, 0.3) is 0 Å². The van der Waals surface area contributed by atoms with Crippen molar-refractivity contribution in [2.45, 2.75) is 25.3 Å². The van der Waals surface area contributed by atoms with Gasteiger partial charge in [-0.15, -0.1) is 0 Å². The highest BCUT2D eigenvalue weighted by molar-refractivity contribution is 5.98. The van der Waals surface area contributed by atoms with Crippen LogP contribution in [0, 0.1) is 17.2 Å². The van der Waals surface area contributed by atoms with Gasteiger partial charge < -0.3 is 11.1 Å². The predicted molar refractivity (Wildman–Crippen MR) is 94.2 cm³/mol. The number of hydrogen-bond acceptors (Lipinski definition) is 3. The van der Waals surface area contributed by atoms with Crippen LogP contribution in [0.3, 0.4) is 0 Å². The third kappa shape index (κ3) is 3.11. The molecule has 2 atom stereocenters. The average molecular weight is 333 g/mol. The molecule has 3 N–H and O–H groups in total. The van der Waals surface area contributed by atoms with Gasteiger partial charge in [-0.05, 0) is 35.6 Å². The summed E-state index contributed by atoms with van der Waals surface area (Å²) in [6, 6.07) is 16.7. The zero-order chi connectivity index (χ0) is 18.0. The molecule has 0 saturated carbocycles. The maximum absolute atomic E-state index is 13.0. The number of primary amides is 1. The summed E-state index contributed by atoms with van der Waals surface area (Å²) in [6.45, 7) is 1.70. The van der Waals surface area contributed by atoms with Crippen LogP contribution in [0.15, 0.2) is 48.5 Å². The van der Waals surface area contributed by atoms with Crippen molar-refractivity contribution < 1.29 is 9.59 Å². The zero-order valence-electron chi connectivity index (χ0n) is 13.9. The maximum atomic E-state index is 13.0. The largest absolute Gasteiger partial charge is 0.368 e. The minimum atomic E-state index is -0.859. The molecule has 1 aliphatic rings. The molecular formula is C20H19N3O2. The molecule has 25 heavy (non-hydrogen) atoms. The number of nitriles is 1. The highest BCUT2D eigenvalue weighted by atomic mass is 16.2. The molecule has 126 valence electrons. The number of rotatable bonds is 5. The fourth-order valence-electron chi connectivity index (χ4n) is 3.35. The van der Waals surface area contributed by atoms with Gasteiger partial charge >= 0.3 is 0 Å². The second-order valence-electron chi connectivity index (χ2n) is 6.34. The molecule has 1 aliphatic carbocycles. The summed E-state index contributed by atoms with van der Waals surface area (Å²) in [4.78, 5) is 24.6. The summed E-state index contributed by atoms with van der Waals surface area (Å²) in [5, 5.41) is 11.7. The van der Waals surface area contributed by atoms with Crippen LogP contribution < -0.4 is 11.1 Å². The van der Waals surface area contributed by atoms with Gasteiger partial charge in [-0.2, -0.15) is 5.26 Å². The third-order valence-corrected chi connectivity index (χ3v) is 4.57. The van der Waals surface area contributed by atoms with Crippen molar-refractivity contribution in [2.75, 3.05) is 0 Å². The fraction of sp³-hybridized carbons (Fsp3) is 0.250. The van der Waals surface area contributed by atoms with Crippen LogP contribution in [-0.4, -0.2) is 17.9 Å². The smallest absolute Gasteiger partial charge is 0.240 e. The zero-order valence-corrected chi connectivity index (χ0v) is 13.9. The van der Waals surface area contributed by atoms with Gasteiger partial charge in [0.05, 0.1) is 12.0 Å². The van der Waals surface area contributed by atoms with E-state index < -0.39 is 17.9 Å². The van der Waals surface area contributed by atoms with Crippen molar-refractivity contribution >= 4 is 11.8 Å². The summed E-state index contributed by atoms with van der Waals surface area (Å²) in [6.07, 6.45) is 0.202. The Morgan fingerprint density at radius 1 is 1.12 bits per heavy atom. The lowest BCUT2D eigenvalue weighted by atomic mass is 9.94. The first-order valence-electron chi connectivity index (χ1n) is 8.20. The number of nitrogens with two attached hydrogens (primary N) is 1. The van der Waals surface area contributed by atoms with Crippen molar-refractivity contribution in [3.05, 3.63) is 59.7 Å². The monoisotopic (exact) mass is 333 g/mol. The molecule has 0 radical (unpaired) electrons. The van der Waals surface area contributed by atoms with E-state index in [1.807, 2.05) is 48.5 Å². The predicted octanol–water partition coefficient (Wildman–Crippen LogP) is 2.32. The van der Waals surface area contributed by atoms with Crippen molar-refractivity contribution in [1.82, 2.24) is 5.32 Å². The average Bonchev–Trinajstić information content (AvgIpc) is 2.95. The van der Waals surface area contributed by atoms with Crippen LogP contribution in [0.1, 0.15) is 30.4 Å². The highest BCUT2D eigenvalue weighted by Gasteiger charge is 2.35. The number of fused-ring (bicyclic) bond motifs is 3. The Bertz CT molecular complexity index is 824. The molecule has 5 heteroatoms. The van der Waals surface area contributed by atoms with Gasteiger partial charge in [-0.25, -0.2) is 0 Å². The molecule has 0 fully saturated rings. The standard InChI is InChI=1S/C20H19N3O2/c1-12(11-21)10-17(19(22)24)23-20(25)18-15-8-4-2-6-13(15)14-7-3-5-9-16(14)18/h2-9,12,17-18H,10H2,1H3,(H2,22,24)(H,23,25)/t12-,17-/m0/s1. The van der Waals surface area contributed by atoms with Crippen molar-refractivity contribution in [3.63, 3.8) is 0 Å². The lowest BCUT2D eigenvalue weighted by Gasteiger charge is -2.20. The number of carbonyl (C=O) groups excluding carboxylic acids is 2. The van der Waals surface area contributed by atoms with Crippen LogP contribution in [0.5, 0.6) is 0 Å². The van der Waals surface area contributed by atoms with Gasteiger partial charge in [-0.1, -0.05) is 48.5 Å². The molecule has 3 rings (SSSR count). The Morgan fingerprint density at radius 2 is 1.64 bits per heavy atom. The van der Waals surface area contributed by atoms with E-state index in [0.29, 0.717) is 0 Å². The van der Waals surface area contributed by atoms with E-state index >= 15 is 0 Å². The number of amides is 2. The molecule has 2 amide bonds. The van der Waals surface area contributed by atoms with E-state index in [1.165, 1.54) is 0 Å². The van der Waals surface area contributed by atoms with Crippen molar-refractivity contribution in [2.24, 2.45) is 11.7 Å². The molecular weight excluding hydrogens is 314 g/mol. The molecule has 0 aliphatic heterocycles. The number of nitrogens with one attached hydrogen (secondary N) is 1. The second-order valence-corrected chi connectivity index (χ2v) is 6.34. The topological polar surface area (TPSA) is 96.0 Å². The summed E-state index contributed by atoms with van der Waals surface area (Å²) in [5.41, 5.74) is 9.30. The molecule has 0 spiro atoms. The van der Waals surface area contributed by atoms with Gasteiger partial charge in [0.1, 0.15) is 6.04 Å². The lowest BCUT2D eigenvalue weighted by molar-refractivity contribution is -0.128. The van der Waals surface area contributed by atoms with Crippen LogP contribution in [0.2, 0.25) is 0 Å². The molecule has 0 unspecified atom stereocenters. The van der Waals surface area contributed by atoms with Gasteiger partial charge in [0, 0.05) is 5.92 Å². The Kier molecular flexibility index (Phi) is 4.53. The highest BCUT2D eigenvalue weighted by Crippen LogP contribution is 2.44. The Labute approximate surface area is 146 Å². The first-order chi connectivity index (χ1) is 12.0. The van der Waals surface area contributed by atoms with Gasteiger partial charge in [-0.3, -0.25) is 9.59 Å². The minimum Gasteiger partial charge on any atom is -0.368 e. The molecule has 0 saturated heterocycles. The van der Waals surface area contributed by atoms with Gasteiger partial charge in [0.2, 0.25) is 11.8 Å². The van der Waals surface area contributed by atoms with E-state index in [-0.39, 0.29) is 18.2 Å². The lowest BCUT2D eigenvalue weighted by Crippen LogP contribution is -2.46. The summed E-state index contributed by atoms with van der Waals surface area (Å²) < 4.78 is 0. The van der Waals surface area contributed by atoms with Gasteiger partial charge in [0.15, 0.2) is 0 Å². The van der Waals surface area contributed by atoms with Crippen LogP contribution in [-0.2, 0) is 9.59 Å². The van der Waals surface area contributed by atoms with E-state index in [4.69, 9.17) is 11.0 Å². The maximum Gasteiger partial charge on any atom is 0.240 e. The number of hydrogen-bond donors (Lipinski definition) is 2. The van der Waals surface area contributed by atoms with Crippen LogP contribution in [0.4, 0.5) is 0 Å².